The van der Waals surface area contributed by atoms with Crippen molar-refractivity contribution in [3.8, 4) is 17.2 Å². The largest absolute Gasteiger partial charge is 0.494 e. The molecule has 0 aliphatic rings. The first-order valence-electron chi connectivity index (χ1n) is 8.64. The van der Waals surface area contributed by atoms with E-state index in [1.54, 1.807) is 21.3 Å². The molecule has 0 saturated carbocycles. The summed E-state index contributed by atoms with van der Waals surface area (Å²) >= 11 is 0. The molecule has 6 heteroatoms. The molecule has 0 unspecified atom stereocenters. The second-order valence-electron chi connectivity index (χ2n) is 5.56. The zero-order valence-corrected chi connectivity index (χ0v) is 15.6. The number of anilines is 1. The van der Waals surface area contributed by atoms with E-state index >= 15 is 0 Å². The van der Waals surface area contributed by atoms with Crippen LogP contribution in [-0.4, -0.2) is 40.4 Å². The lowest BCUT2D eigenvalue weighted by molar-refractivity contribution is 0.307. The molecule has 2 N–H and O–H groups in total. The average molecular weight is 357 g/mol. The van der Waals surface area contributed by atoms with Gasteiger partial charge in [-0.05, 0) is 37.1 Å². The number of hydrogen-bond acceptors (Lipinski definition) is 4. The summed E-state index contributed by atoms with van der Waals surface area (Å²) in [6, 6.07) is 15.5. The number of rotatable bonds is 9. The smallest absolute Gasteiger partial charge is 0.195 e. The number of unbranched alkanes of at least 4 members (excludes halogenated alkanes) is 1. The van der Waals surface area contributed by atoms with Crippen LogP contribution in [0.15, 0.2) is 53.5 Å². The molecule has 2 rings (SSSR count). The molecule has 26 heavy (non-hydrogen) atoms. The molecule has 0 spiro atoms. The summed E-state index contributed by atoms with van der Waals surface area (Å²) in [6.07, 6.45) is 1.95. The number of nitrogens with one attached hydrogen (secondary N) is 2. The molecule has 6 nitrogen and oxygen atoms in total. The first-order chi connectivity index (χ1) is 12.8. The van der Waals surface area contributed by atoms with Gasteiger partial charge < -0.3 is 24.8 Å². The van der Waals surface area contributed by atoms with Gasteiger partial charge in [-0.1, -0.05) is 18.2 Å². The molecule has 0 aromatic heterocycles. The minimum atomic E-state index is 0.672. The molecule has 0 aliphatic heterocycles. The Morgan fingerprint density at radius 2 is 1.73 bits per heavy atom. The van der Waals surface area contributed by atoms with E-state index in [9.17, 15) is 0 Å². The van der Waals surface area contributed by atoms with Crippen molar-refractivity contribution in [2.24, 2.45) is 4.99 Å². The van der Waals surface area contributed by atoms with Gasteiger partial charge in [0.05, 0.1) is 20.8 Å². The molecule has 0 saturated heterocycles. The number of aliphatic imine (C=N–C) groups is 1. The normalized spacial score (nSPS) is 11.0. The van der Waals surface area contributed by atoms with Gasteiger partial charge in [0.25, 0.3) is 0 Å². The quantitative estimate of drug-likeness (QED) is 0.408. The van der Waals surface area contributed by atoms with E-state index in [1.807, 2.05) is 48.5 Å². The Hall–Kier alpha value is -2.89. The molecule has 0 radical (unpaired) electrons. The van der Waals surface area contributed by atoms with Crippen molar-refractivity contribution in [2.75, 3.05) is 39.7 Å². The molecule has 0 bridgehead atoms. The third kappa shape index (κ3) is 6.20. The molecular weight excluding hydrogens is 330 g/mol. The highest BCUT2D eigenvalue weighted by molar-refractivity contribution is 5.93. The first-order valence-corrected chi connectivity index (χ1v) is 8.64. The summed E-state index contributed by atoms with van der Waals surface area (Å²) in [5.74, 6) is 2.98. The van der Waals surface area contributed by atoms with Gasteiger partial charge in [0.15, 0.2) is 17.5 Å². The van der Waals surface area contributed by atoms with Crippen molar-refractivity contribution in [2.45, 2.75) is 12.8 Å². The number of nitrogens with zero attached hydrogens (tertiary/aromatic N) is 1. The number of para-hydroxylation sites is 1. The Morgan fingerprint density at radius 1 is 0.962 bits per heavy atom. The van der Waals surface area contributed by atoms with Crippen molar-refractivity contribution in [3.05, 3.63) is 48.5 Å². The lowest BCUT2D eigenvalue weighted by atomic mass is 10.2. The van der Waals surface area contributed by atoms with Crippen LogP contribution in [0.2, 0.25) is 0 Å². The van der Waals surface area contributed by atoms with Crippen molar-refractivity contribution < 1.29 is 14.2 Å². The Kier molecular flexibility index (Phi) is 8.12. The van der Waals surface area contributed by atoms with Gasteiger partial charge in [0.2, 0.25) is 0 Å². The van der Waals surface area contributed by atoms with Crippen LogP contribution < -0.4 is 24.8 Å². The van der Waals surface area contributed by atoms with Crippen LogP contribution in [0, 0.1) is 0 Å². The maximum atomic E-state index is 5.68. The lowest BCUT2D eigenvalue weighted by Gasteiger charge is -2.14. The van der Waals surface area contributed by atoms with Crippen LogP contribution in [0.5, 0.6) is 17.2 Å². The first kappa shape index (κ1) is 19.4. The van der Waals surface area contributed by atoms with Crippen molar-refractivity contribution in [1.29, 1.82) is 0 Å². The van der Waals surface area contributed by atoms with Gasteiger partial charge in [-0.15, -0.1) is 0 Å². The predicted octanol–water partition coefficient (Wildman–Crippen LogP) is 3.55. The molecule has 0 fully saturated rings. The van der Waals surface area contributed by atoms with Crippen molar-refractivity contribution in [3.63, 3.8) is 0 Å². The molecule has 0 heterocycles. The Labute approximate surface area is 155 Å². The third-order valence-corrected chi connectivity index (χ3v) is 3.75. The number of benzene rings is 2. The second kappa shape index (κ2) is 10.9. The maximum Gasteiger partial charge on any atom is 0.195 e. The van der Waals surface area contributed by atoms with Crippen LogP contribution in [0.25, 0.3) is 0 Å². The minimum Gasteiger partial charge on any atom is -0.494 e. The van der Waals surface area contributed by atoms with E-state index in [1.165, 1.54) is 0 Å². The molecule has 2 aromatic rings. The molecule has 140 valence electrons. The second-order valence-corrected chi connectivity index (χ2v) is 5.56. The van der Waals surface area contributed by atoms with E-state index in [0.717, 1.165) is 30.8 Å². The summed E-state index contributed by atoms with van der Waals surface area (Å²) < 4.78 is 16.2. The van der Waals surface area contributed by atoms with Crippen molar-refractivity contribution in [1.82, 2.24) is 5.32 Å². The molecule has 0 aliphatic carbocycles. The fourth-order valence-electron chi connectivity index (χ4n) is 2.37. The zero-order chi connectivity index (χ0) is 18.6. The summed E-state index contributed by atoms with van der Waals surface area (Å²) in [5, 5.41) is 6.54. The SMILES string of the molecule is CN=C(NCCCCOc1ccccc1)Nc1ccc(OC)c(OC)c1. The summed E-state index contributed by atoms with van der Waals surface area (Å²) in [5.41, 5.74) is 0.878. The van der Waals surface area contributed by atoms with Crippen LogP contribution >= 0.6 is 0 Å². The topological polar surface area (TPSA) is 64.1 Å². The summed E-state index contributed by atoms with van der Waals surface area (Å²) in [7, 11) is 4.98. The number of ether oxygens (including phenoxy) is 3. The highest BCUT2D eigenvalue weighted by Crippen LogP contribution is 2.29. The fraction of sp³-hybridized carbons (Fsp3) is 0.350. The highest BCUT2D eigenvalue weighted by atomic mass is 16.5. The Morgan fingerprint density at radius 3 is 2.42 bits per heavy atom. The summed E-state index contributed by atoms with van der Waals surface area (Å²) in [4.78, 5) is 4.24. The van der Waals surface area contributed by atoms with E-state index in [0.29, 0.717) is 24.1 Å². The average Bonchev–Trinajstić information content (AvgIpc) is 2.70. The molecule has 0 amide bonds. The standard InChI is InChI=1S/C20H27N3O3/c1-21-20(23-16-11-12-18(24-2)19(15-16)25-3)22-13-7-8-14-26-17-9-5-4-6-10-17/h4-6,9-12,15H,7-8,13-14H2,1-3H3,(H2,21,22,23). The lowest BCUT2D eigenvalue weighted by Crippen LogP contribution is -2.31. The van der Waals surface area contributed by atoms with Gasteiger partial charge in [-0.3, -0.25) is 4.99 Å². The predicted molar refractivity (Wildman–Crippen MR) is 106 cm³/mol. The van der Waals surface area contributed by atoms with E-state index in [-0.39, 0.29) is 0 Å². The van der Waals surface area contributed by atoms with Gasteiger partial charge in [-0.25, -0.2) is 0 Å². The van der Waals surface area contributed by atoms with Crippen LogP contribution in [0.4, 0.5) is 5.69 Å². The highest BCUT2D eigenvalue weighted by Gasteiger charge is 2.06. The monoisotopic (exact) mass is 357 g/mol. The maximum absolute atomic E-state index is 5.68. The zero-order valence-electron chi connectivity index (χ0n) is 15.6. The van der Waals surface area contributed by atoms with Crippen LogP contribution in [0.3, 0.4) is 0 Å². The molecule has 0 atom stereocenters. The minimum absolute atomic E-state index is 0.672. The van der Waals surface area contributed by atoms with Crippen molar-refractivity contribution >= 4 is 11.6 Å². The van der Waals surface area contributed by atoms with Gasteiger partial charge >= 0.3 is 0 Å². The van der Waals surface area contributed by atoms with Gasteiger partial charge in [0, 0.05) is 25.3 Å². The fourth-order valence-corrected chi connectivity index (χ4v) is 2.37. The van der Waals surface area contributed by atoms with Gasteiger partial charge in [-0.2, -0.15) is 0 Å². The van der Waals surface area contributed by atoms with Crippen LogP contribution in [-0.2, 0) is 0 Å². The van der Waals surface area contributed by atoms with E-state index < -0.39 is 0 Å². The number of methoxy groups -OCH3 is 2. The van der Waals surface area contributed by atoms with E-state index in [4.69, 9.17) is 14.2 Å². The third-order valence-electron chi connectivity index (χ3n) is 3.75. The van der Waals surface area contributed by atoms with E-state index in [2.05, 4.69) is 15.6 Å². The molecule has 2 aromatic carbocycles. The van der Waals surface area contributed by atoms with Gasteiger partial charge in [0.1, 0.15) is 5.75 Å². The molecular formula is C20H27N3O3. The van der Waals surface area contributed by atoms with Crippen LogP contribution in [0.1, 0.15) is 12.8 Å². The summed E-state index contributed by atoms with van der Waals surface area (Å²) in [6.45, 7) is 1.51. The Bertz CT molecular complexity index is 690. The number of guanidine groups is 1. The number of hydrogen-bond donors (Lipinski definition) is 2. The Balaban J connectivity index is 1.71.